The van der Waals surface area contributed by atoms with Gasteiger partial charge in [0.1, 0.15) is 0 Å². The molecular formula is C9H15NO5S. The molecule has 0 saturated carbocycles. The summed E-state index contributed by atoms with van der Waals surface area (Å²) in [6.45, 7) is 3.59. The summed E-state index contributed by atoms with van der Waals surface area (Å²) >= 11 is 0. The first-order valence-corrected chi connectivity index (χ1v) is 7.18. The maximum absolute atomic E-state index is 11.3. The highest BCUT2D eigenvalue weighted by Gasteiger charge is 2.67. The zero-order chi connectivity index (χ0) is 12.0. The van der Waals surface area contributed by atoms with Gasteiger partial charge >= 0.3 is 12.2 Å². The van der Waals surface area contributed by atoms with Gasteiger partial charge in [0.15, 0.2) is 0 Å². The fourth-order valence-electron chi connectivity index (χ4n) is 2.09. The van der Waals surface area contributed by atoms with Gasteiger partial charge in [-0.05, 0) is 13.3 Å². The van der Waals surface area contributed by atoms with E-state index in [0.29, 0.717) is 12.2 Å². The number of ether oxygens (including phenoxy) is 1. The average Bonchev–Trinajstić information content (AvgIpc) is 2.88. The number of nitrogens with zero attached hydrogens (tertiary/aromatic N) is 1. The number of carbonyl (C=O) groups excluding carboxylic acids is 1. The van der Waals surface area contributed by atoms with Crippen molar-refractivity contribution in [2.45, 2.75) is 37.9 Å². The molecule has 3 atom stereocenters. The van der Waals surface area contributed by atoms with Crippen molar-refractivity contribution in [1.29, 1.82) is 0 Å². The van der Waals surface area contributed by atoms with E-state index in [9.17, 15) is 14.9 Å². The van der Waals surface area contributed by atoms with Crippen molar-refractivity contribution < 1.29 is 18.6 Å². The first-order chi connectivity index (χ1) is 7.45. The zero-order valence-electron chi connectivity index (χ0n) is 9.30. The maximum atomic E-state index is 11.3. The van der Waals surface area contributed by atoms with Crippen LogP contribution in [0.5, 0.6) is 0 Å². The summed E-state index contributed by atoms with van der Waals surface area (Å²) in [5.41, 5.74) is 0. The highest BCUT2D eigenvalue weighted by Crippen LogP contribution is 2.69. The molecule has 2 saturated heterocycles. The lowest BCUT2D eigenvalue weighted by Crippen LogP contribution is -2.37. The molecule has 16 heavy (non-hydrogen) atoms. The quantitative estimate of drug-likeness (QED) is 0.429. The van der Waals surface area contributed by atoms with Crippen molar-refractivity contribution in [1.82, 2.24) is 0 Å². The van der Waals surface area contributed by atoms with Gasteiger partial charge < -0.3 is 4.74 Å². The molecule has 0 amide bonds. The molecule has 0 aromatic carbocycles. The third kappa shape index (κ3) is 1.49. The molecule has 2 heterocycles. The van der Waals surface area contributed by atoms with Crippen LogP contribution >= 0.6 is 10.3 Å². The summed E-state index contributed by atoms with van der Waals surface area (Å²) in [6.07, 6.45) is 0.171. The molecule has 3 unspecified atom stereocenters. The molecule has 6 nitrogen and oxygen atoms in total. The van der Waals surface area contributed by atoms with Gasteiger partial charge in [-0.25, -0.2) is 4.79 Å². The molecule has 0 bridgehead atoms. The zero-order valence-corrected chi connectivity index (χ0v) is 10.1. The van der Waals surface area contributed by atoms with Crippen LogP contribution in [0.3, 0.4) is 0 Å². The predicted molar refractivity (Wildman–Crippen MR) is 58.6 cm³/mol. The highest BCUT2D eigenvalue weighted by molar-refractivity contribution is 8.31. The minimum atomic E-state index is -1.80. The Bertz CT molecular complexity index is 349. The van der Waals surface area contributed by atoms with Gasteiger partial charge in [0.05, 0.1) is 4.92 Å². The van der Waals surface area contributed by atoms with Crippen LogP contribution in [0, 0.1) is 10.1 Å². The van der Waals surface area contributed by atoms with Crippen molar-refractivity contribution in [3.8, 4) is 0 Å². The van der Waals surface area contributed by atoms with Gasteiger partial charge in [0, 0.05) is 17.9 Å². The van der Waals surface area contributed by atoms with Crippen LogP contribution in [-0.2, 0) is 13.7 Å². The van der Waals surface area contributed by atoms with Crippen LogP contribution in [-0.4, -0.2) is 33.6 Å². The largest absolute Gasteiger partial charge is 0.432 e. The molecule has 2 aliphatic heterocycles. The van der Waals surface area contributed by atoms with E-state index >= 15 is 0 Å². The Balaban J connectivity index is 2.21. The lowest BCUT2D eigenvalue weighted by atomic mass is 10.3. The third-order valence-corrected chi connectivity index (χ3v) is 7.39. The number of nitro groups is 1. The van der Waals surface area contributed by atoms with E-state index < -0.39 is 26.4 Å². The summed E-state index contributed by atoms with van der Waals surface area (Å²) in [6, 6.07) is 0. The van der Waals surface area contributed by atoms with Crippen molar-refractivity contribution in [3.63, 3.8) is 0 Å². The second kappa shape index (κ2) is 3.59. The van der Waals surface area contributed by atoms with Crippen LogP contribution in [0.1, 0.15) is 26.7 Å². The highest BCUT2D eigenvalue weighted by atomic mass is 32.3. The van der Waals surface area contributed by atoms with Crippen molar-refractivity contribution in [2.24, 2.45) is 0 Å². The van der Waals surface area contributed by atoms with Gasteiger partial charge in [0.2, 0.25) is 0 Å². The topological polar surface area (TPSA) is 82.0 Å². The third-order valence-electron chi connectivity index (χ3n) is 3.25. The molecular weight excluding hydrogens is 234 g/mol. The number of hydrogen-bond acceptors (Lipinski definition) is 5. The van der Waals surface area contributed by atoms with E-state index in [4.69, 9.17) is 8.92 Å². The van der Waals surface area contributed by atoms with Crippen molar-refractivity contribution >= 4 is 16.3 Å². The molecule has 92 valence electrons. The summed E-state index contributed by atoms with van der Waals surface area (Å²) < 4.78 is 10.6. The van der Waals surface area contributed by atoms with Crippen LogP contribution in [0.4, 0.5) is 0 Å². The molecule has 0 radical (unpaired) electrons. The van der Waals surface area contributed by atoms with E-state index in [1.807, 2.05) is 6.92 Å². The van der Waals surface area contributed by atoms with Crippen LogP contribution < -0.4 is 0 Å². The summed E-state index contributed by atoms with van der Waals surface area (Å²) in [5.74, 6) is 1.06. The monoisotopic (exact) mass is 249 g/mol. The molecule has 7 heteroatoms. The second-order valence-corrected chi connectivity index (χ2v) is 7.70. The summed E-state index contributed by atoms with van der Waals surface area (Å²) in [5, 5.41) is 10.8. The Morgan fingerprint density at radius 1 is 1.69 bits per heavy atom. The number of rotatable bonds is 3. The molecule has 0 aromatic rings. The lowest BCUT2D eigenvalue weighted by molar-refractivity contribution is -0.564. The summed E-state index contributed by atoms with van der Waals surface area (Å²) in [4.78, 5) is 20.7. The normalized spacial score (nSPS) is 46.6. The van der Waals surface area contributed by atoms with Gasteiger partial charge in [-0.3, -0.25) is 14.3 Å². The molecule has 2 rings (SSSR count). The van der Waals surface area contributed by atoms with E-state index in [1.165, 1.54) is 0 Å². The Hall–Kier alpha value is -0.820. The van der Waals surface area contributed by atoms with E-state index in [1.54, 1.807) is 6.92 Å². The Morgan fingerprint density at radius 2 is 2.31 bits per heavy atom. The second-order valence-electron chi connectivity index (χ2n) is 4.12. The molecule has 0 spiro atoms. The first-order valence-electron chi connectivity index (χ1n) is 5.28. The fraction of sp³-hybridized carbons (Fsp3) is 0.889. The van der Waals surface area contributed by atoms with Gasteiger partial charge in [-0.2, -0.15) is 0 Å². The van der Waals surface area contributed by atoms with Gasteiger partial charge in [0.25, 0.3) is 4.93 Å². The number of carbonyl (C=O) groups is 1. The molecule has 0 aromatic heterocycles. The molecule has 2 aliphatic rings. The standard InChI is InChI=1S/C9H15NO5S/c1-3-16(9(2)8(11)14-9)6-4-5-7(15-16)10(12)13/h7H,3-6H2,1-2H3. The Kier molecular flexibility index (Phi) is 2.62. The lowest BCUT2D eigenvalue weighted by Gasteiger charge is -2.43. The van der Waals surface area contributed by atoms with Crippen molar-refractivity contribution in [2.75, 3.05) is 11.5 Å². The van der Waals surface area contributed by atoms with E-state index in [2.05, 4.69) is 0 Å². The minimum absolute atomic E-state index is 0.284. The van der Waals surface area contributed by atoms with E-state index in [-0.39, 0.29) is 5.97 Å². The number of cyclic esters (lactones) is 1. The van der Waals surface area contributed by atoms with Crippen LogP contribution in [0.2, 0.25) is 0 Å². The summed E-state index contributed by atoms with van der Waals surface area (Å²) in [7, 11) is -1.80. The smallest absolute Gasteiger partial charge is 0.363 e. The molecule has 0 N–H and O–H groups in total. The molecule has 2 fully saturated rings. The van der Waals surface area contributed by atoms with E-state index in [0.717, 1.165) is 12.2 Å². The molecule has 0 aliphatic carbocycles. The fourth-order valence-corrected chi connectivity index (χ4v) is 5.50. The van der Waals surface area contributed by atoms with Gasteiger partial charge in [-0.1, -0.05) is 17.2 Å². The first kappa shape index (κ1) is 11.7. The van der Waals surface area contributed by atoms with Crippen molar-refractivity contribution in [3.05, 3.63) is 10.1 Å². The predicted octanol–water partition coefficient (Wildman–Crippen LogP) is 1.41. The van der Waals surface area contributed by atoms with Crippen LogP contribution in [0.15, 0.2) is 0 Å². The average molecular weight is 249 g/mol. The van der Waals surface area contributed by atoms with Gasteiger partial charge in [-0.15, -0.1) is 0 Å². The number of hydrogen-bond donors (Lipinski definition) is 0. The Labute approximate surface area is 95.0 Å². The minimum Gasteiger partial charge on any atom is -0.432 e. The van der Waals surface area contributed by atoms with Crippen LogP contribution in [0.25, 0.3) is 0 Å². The Morgan fingerprint density at radius 3 is 2.75 bits per heavy atom. The maximum Gasteiger partial charge on any atom is 0.363 e. The number of epoxide rings is 1. The SMILES string of the molecule is CCS1(C2(C)OC2=O)CCCC([N+](=O)[O-])O1.